The summed E-state index contributed by atoms with van der Waals surface area (Å²) in [6.45, 7) is 6.16. The summed E-state index contributed by atoms with van der Waals surface area (Å²) in [5.41, 5.74) is 1.45. The SMILES string of the molecule is CCn1nc(Oc2ccc(F)cc2)cc1-c1cccc(C(C)(C)N(C2CCC2)S(=O)(=O)O)c1. The van der Waals surface area contributed by atoms with Crippen LogP contribution in [-0.2, 0) is 22.4 Å². The molecule has 33 heavy (non-hydrogen) atoms. The highest BCUT2D eigenvalue weighted by molar-refractivity contribution is 7.83. The first-order valence-corrected chi connectivity index (χ1v) is 12.4. The van der Waals surface area contributed by atoms with Crippen LogP contribution >= 0.6 is 0 Å². The summed E-state index contributed by atoms with van der Waals surface area (Å²) in [5, 5.41) is 4.49. The van der Waals surface area contributed by atoms with Crippen LogP contribution in [0.1, 0.15) is 45.6 Å². The predicted molar refractivity (Wildman–Crippen MR) is 124 cm³/mol. The zero-order valence-electron chi connectivity index (χ0n) is 18.9. The van der Waals surface area contributed by atoms with Gasteiger partial charge in [-0.2, -0.15) is 12.7 Å². The molecule has 1 aromatic heterocycles. The van der Waals surface area contributed by atoms with Crippen LogP contribution < -0.4 is 4.74 Å². The third-order valence-corrected chi connectivity index (χ3v) is 7.42. The smallest absolute Gasteiger partial charge is 0.336 e. The van der Waals surface area contributed by atoms with E-state index in [0.717, 1.165) is 36.1 Å². The summed E-state index contributed by atoms with van der Waals surface area (Å²) in [5.74, 6) is 0.502. The Morgan fingerprint density at radius 2 is 1.88 bits per heavy atom. The van der Waals surface area contributed by atoms with E-state index in [-0.39, 0.29) is 11.9 Å². The fourth-order valence-electron chi connectivity index (χ4n) is 4.28. The number of aromatic nitrogens is 2. The lowest BCUT2D eigenvalue weighted by Crippen LogP contribution is -2.53. The molecule has 4 rings (SSSR count). The minimum Gasteiger partial charge on any atom is -0.438 e. The van der Waals surface area contributed by atoms with Crippen molar-refractivity contribution in [1.29, 1.82) is 0 Å². The van der Waals surface area contributed by atoms with Crippen molar-refractivity contribution >= 4 is 10.3 Å². The molecular weight excluding hydrogens is 445 g/mol. The molecule has 0 saturated heterocycles. The van der Waals surface area contributed by atoms with Crippen LogP contribution in [0.3, 0.4) is 0 Å². The molecule has 3 aromatic rings. The lowest BCUT2D eigenvalue weighted by molar-refractivity contribution is 0.105. The summed E-state index contributed by atoms with van der Waals surface area (Å²) in [6, 6.07) is 14.9. The number of aryl methyl sites for hydroxylation is 1. The fourth-order valence-corrected chi connectivity index (χ4v) is 5.55. The van der Waals surface area contributed by atoms with Gasteiger partial charge in [-0.1, -0.05) is 24.6 Å². The first-order chi connectivity index (χ1) is 15.6. The number of ether oxygens (including phenoxy) is 1. The molecule has 0 bridgehead atoms. The van der Waals surface area contributed by atoms with Gasteiger partial charge in [-0.15, -0.1) is 5.10 Å². The van der Waals surface area contributed by atoms with Gasteiger partial charge in [0.25, 0.3) is 0 Å². The predicted octanol–water partition coefficient (Wildman–Crippen LogP) is 5.39. The van der Waals surface area contributed by atoms with Crippen LogP contribution in [0.15, 0.2) is 54.6 Å². The van der Waals surface area contributed by atoms with Crippen LogP contribution in [0, 0.1) is 5.82 Å². The maximum Gasteiger partial charge on any atom is 0.336 e. The Labute approximate surface area is 193 Å². The highest BCUT2D eigenvalue weighted by atomic mass is 32.2. The molecular formula is C24H28FN3O4S. The van der Waals surface area contributed by atoms with E-state index < -0.39 is 15.8 Å². The molecule has 1 aliphatic carbocycles. The Bertz CT molecular complexity index is 1230. The van der Waals surface area contributed by atoms with Crippen LogP contribution in [0.2, 0.25) is 0 Å². The van der Waals surface area contributed by atoms with Crippen LogP contribution in [0.5, 0.6) is 11.6 Å². The van der Waals surface area contributed by atoms with Crippen LogP contribution in [-0.4, -0.2) is 33.1 Å². The number of hydrogen-bond donors (Lipinski definition) is 1. The maximum absolute atomic E-state index is 13.2. The Hall–Kier alpha value is -2.75. The molecule has 0 atom stereocenters. The zero-order chi connectivity index (χ0) is 23.8. The Balaban J connectivity index is 1.68. The second-order valence-corrected chi connectivity index (χ2v) is 10.0. The zero-order valence-corrected chi connectivity index (χ0v) is 19.7. The van der Waals surface area contributed by atoms with Gasteiger partial charge in [-0.25, -0.2) is 4.39 Å². The van der Waals surface area contributed by atoms with E-state index >= 15 is 0 Å². The molecule has 0 amide bonds. The molecule has 176 valence electrons. The molecule has 7 nitrogen and oxygen atoms in total. The van der Waals surface area contributed by atoms with Gasteiger partial charge in [-0.3, -0.25) is 9.23 Å². The van der Waals surface area contributed by atoms with Gasteiger partial charge in [0.2, 0.25) is 5.88 Å². The molecule has 1 N–H and O–H groups in total. The second kappa shape index (κ2) is 8.89. The molecule has 0 radical (unpaired) electrons. The summed E-state index contributed by atoms with van der Waals surface area (Å²) in [7, 11) is -4.39. The van der Waals surface area contributed by atoms with Gasteiger partial charge >= 0.3 is 10.3 Å². The molecule has 0 unspecified atom stereocenters. The fraction of sp³-hybridized carbons (Fsp3) is 0.375. The molecule has 0 spiro atoms. The minimum atomic E-state index is -4.39. The Morgan fingerprint density at radius 1 is 1.18 bits per heavy atom. The first kappa shape index (κ1) is 23.4. The van der Waals surface area contributed by atoms with Crippen molar-refractivity contribution in [2.24, 2.45) is 0 Å². The number of benzene rings is 2. The second-order valence-electron chi connectivity index (χ2n) is 8.74. The van der Waals surface area contributed by atoms with Crippen molar-refractivity contribution in [1.82, 2.24) is 14.1 Å². The molecule has 2 aromatic carbocycles. The third-order valence-electron chi connectivity index (χ3n) is 6.16. The number of halogens is 1. The Morgan fingerprint density at radius 3 is 2.45 bits per heavy atom. The average molecular weight is 474 g/mol. The quantitative estimate of drug-likeness (QED) is 0.443. The normalized spacial score (nSPS) is 15.0. The molecule has 0 aliphatic heterocycles. The van der Waals surface area contributed by atoms with E-state index in [0.29, 0.717) is 18.2 Å². The lowest BCUT2D eigenvalue weighted by Gasteiger charge is -2.44. The topological polar surface area (TPSA) is 84.7 Å². The van der Waals surface area contributed by atoms with E-state index in [1.165, 1.54) is 28.6 Å². The van der Waals surface area contributed by atoms with Crippen LogP contribution in [0.25, 0.3) is 11.3 Å². The van der Waals surface area contributed by atoms with Gasteiger partial charge in [0.15, 0.2) is 0 Å². The summed E-state index contributed by atoms with van der Waals surface area (Å²) in [4.78, 5) is 0. The van der Waals surface area contributed by atoms with E-state index in [9.17, 15) is 17.4 Å². The van der Waals surface area contributed by atoms with E-state index in [2.05, 4.69) is 5.10 Å². The van der Waals surface area contributed by atoms with Crippen molar-refractivity contribution in [2.45, 2.75) is 58.2 Å². The van der Waals surface area contributed by atoms with Crippen molar-refractivity contribution < 1.29 is 22.1 Å². The van der Waals surface area contributed by atoms with E-state index in [1.807, 2.05) is 31.2 Å². The highest BCUT2D eigenvalue weighted by Gasteiger charge is 2.44. The van der Waals surface area contributed by atoms with Crippen LogP contribution in [0.4, 0.5) is 4.39 Å². The highest BCUT2D eigenvalue weighted by Crippen LogP contribution is 2.39. The van der Waals surface area contributed by atoms with Crippen molar-refractivity contribution in [2.75, 3.05) is 0 Å². The Kier molecular flexibility index (Phi) is 6.30. The largest absolute Gasteiger partial charge is 0.438 e. The number of hydrogen-bond acceptors (Lipinski definition) is 4. The molecule has 9 heteroatoms. The number of rotatable bonds is 8. The molecule has 1 heterocycles. The summed E-state index contributed by atoms with van der Waals surface area (Å²) >= 11 is 0. The monoisotopic (exact) mass is 473 g/mol. The third kappa shape index (κ3) is 4.80. The maximum atomic E-state index is 13.2. The van der Waals surface area contributed by atoms with E-state index in [4.69, 9.17) is 4.74 Å². The van der Waals surface area contributed by atoms with Crippen molar-refractivity contribution in [3.63, 3.8) is 0 Å². The standard InChI is InChI=1S/C24H28FN3O4S/c1-4-27-22(16-23(26-27)32-21-13-11-19(25)12-14-21)17-7-5-8-18(15-17)24(2,3)28(33(29,30)31)20-9-6-10-20/h5,7-8,11-16,20H,4,6,9-10H2,1-3H3,(H,29,30,31). The van der Waals surface area contributed by atoms with Gasteiger partial charge < -0.3 is 4.74 Å². The van der Waals surface area contributed by atoms with Gasteiger partial charge in [0.1, 0.15) is 11.6 Å². The molecule has 1 aliphatic rings. The van der Waals surface area contributed by atoms with Gasteiger partial charge in [0, 0.05) is 24.2 Å². The molecule has 1 saturated carbocycles. The van der Waals surface area contributed by atoms with Crippen molar-refractivity contribution in [3.05, 3.63) is 66.0 Å². The average Bonchev–Trinajstić information content (AvgIpc) is 3.14. The lowest BCUT2D eigenvalue weighted by atomic mass is 9.86. The van der Waals surface area contributed by atoms with Gasteiger partial charge in [-0.05, 0) is 69.5 Å². The van der Waals surface area contributed by atoms with Gasteiger partial charge in [0.05, 0.1) is 11.2 Å². The molecule has 1 fully saturated rings. The number of nitrogens with zero attached hydrogens (tertiary/aromatic N) is 3. The van der Waals surface area contributed by atoms with Crippen molar-refractivity contribution in [3.8, 4) is 22.9 Å². The summed E-state index contributed by atoms with van der Waals surface area (Å²) < 4.78 is 56.5. The van der Waals surface area contributed by atoms with E-state index in [1.54, 1.807) is 24.6 Å². The summed E-state index contributed by atoms with van der Waals surface area (Å²) in [6.07, 6.45) is 2.41. The minimum absolute atomic E-state index is 0.212. The first-order valence-electron chi connectivity index (χ1n) is 11.0.